The Balaban J connectivity index is 0.000000154. The molecule has 0 unspecified atom stereocenters. The van der Waals surface area contributed by atoms with Crippen LogP contribution in [0.15, 0.2) is 132 Å². The number of para-hydroxylation sites is 1. The largest absolute Gasteiger partial charge is 0.501 e. The Bertz CT molecular complexity index is 1810. The molecule has 0 fully saturated rings. The number of hydrogen-bond acceptors (Lipinski definition) is 3. The summed E-state index contributed by atoms with van der Waals surface area (Å²) in [6.07, 6.45) is 3.73. The molecule has 0 bridgehead atoms. The molecule has 0 aliphatic rings. The zero-order valence-corrected chi connectivity index (χ0v) is 23.7. The first-order valence-electron chi connectivity index (χ1n) is 12.5. The van der Waals surface area contributed by atoms with Crippen LogP contribution in [0.5, 0.6) is 0 Å². The maximum atomic E-state index is 5.97. The van der Waals surface area contributed by atoms with Crippen LogP contribution in [0.25, 0.3) is 55.6 Å². The molecule has 1 radical (unpaired) electrons. The fourth-order valence-electron chi connectivity index (χ4n) is 4.57. The number of aromatic nitrogens is 2. The van der Waals surface area contributed by atoms with Gasteiger partial charge in [0.1, 0.15) is 5.58 Å². The smallest absolute Gasteiger partial charge is 0.120 e. The molecule has 191 valence electrons. The number of nitrogens with zero attached hydrogens (tertiary/aromatic N) is 2. The van der Waals surface area contributed by atoms with Gasteiger partial charge in [-0.05, 0) is 41.6 Å². The first kappa shape index (κ1) is 26.2. The number of furan rings is 1. The minimum absolute atomic E-state index is 0. The molecule has 0 aliphatic carbocycles. The quantitative estimate of drug-likeness (QED) is 0.175. The minimum Gasteiger partial charge on any atom is -0.501 e. The van der Waals surface area contributed by atoms with Gasteiger partial charge in [-0.3, -0.25) is 0 Å². The molecule has 0 atom stereocenters. The van der Waals surface area contributed by atoms with Crippen molar-refractivity contribution < 1.29 is 24.5 Å². The number of benzene rings is 4. The summed E-state index contributed by atoms with van der Waals surface area (Å²) in [5, 5.41) is 2.23. The Morgan fingerprint density at radius 3 is 2.23 bits per heavy atom. The third kappa shape index (κ3) is 5.58. The first-order valence-corrected chi connectivity index (χ1v) is 12.5. The van der Waals surface area contributed by atoms with E-state index < -0.39 is 0 Å². The van der Waals surface area contributed by atoms with Crippen molar-refractivity contribution in [2.45, 2.75) is 6.92 Å². The summed E-state index contributed by atoms with van der Waals surface area (Å²) >= 11 is 0. The minimum atomic E-state index is 0. The van der Waals surface area contributed by atoms with Crippen molar-refractivity contribution >= 4 is 21.9 Å². The van der Waals surface area contributed by atoms with E-state index in [4.69, 9.17) is 4.42 Å². The number of fused-ring (bicyclic) bond motifs is 3. The van der Waals surface area contributed by atoms with Gasteiger partial charge in [0.15, 0.2) is 0 Å². The molecule has 0 amide bonds. The van der Waals surface area contributed by atoms with E-state index in [1.54, 1.807) is 6.20 Å². The summed E-state index contributed by atoms with van der Waals surface area (Å²) in [7, 11) is 0. The van der Waals surface area contributed by atoms with Gasteiger partial charge in [0.2, 0.25) is 0 Å². The first-order chi connectivity index (χ1) is 18.8. The fraction of sp³-hybridized carbons (Fsp3) is 0.0286. The standard InChI is InChI=1S/C18H14N.C17H10NO.Ir/c1-14-12-18(16-10-6-3-7-11-16)19-13-17(14)15-8-4-2-5-9-15;1-2-10-16-12(6-1)13-7-5-8-14(17(13)19-16)15-9-3-4-11-18-15;/h2-10,12-13H,1H3;1-7,9-11H;/q2*-1;. The van der Waals surface area contributed by atoms with E-state index in [2.05, 4.69) is 53.3 Å². The van der Waals surface area contributed by atoms with E-state index in [0.717, 1.165) is 44.5 Å². The molecule has 3 heterocycles. The molecule has 0 aliphatic heterocycles. The van der Waals surface area contributed by atoms with Crippen LogP contribution in [0.3, 0.4) is 0 Å². The maximum absolute atomic E-state index is 5.97. The molecule has 0 spiro atoms. The third-order valence-corrected chi connectivity index (χ3v) is 6.44. The van der Waals surface area contributed by atoms with Crippen molar-refractivity contribution in [1.82, 2.24) is 9.97 Å². The van der Waals surface area contributed by atoms with Gasteiger partial charge in [-0.1, -0.05) is 77.7 Å². The van der Waals surface area contributed by atoms with E-state index in [1.165, 1.54) is 16.7 Å². The Labute approximate surface area is 241 Å². The second-order valence-corrected chi connectivity index (χ2v) is 8.94. The van der Waals surface area contributed by atoms with Gasteiger partial charge in [-0.15, -0.1) is 54.1 Å². The molecular formula is C35H24IrN2O-2. The summed E-state index contributed by atoms with van der Waals surface area (Å²) < 4.78 is 5.97. The summed E-state index contributed by atoms with van der Waals surface area (Å²) in [6.45, 7) is 2.12. The van der Waals surface area contributed by atoms with Crippen molar-refractivity contribution in [3.8, 4) is 33.6 Å². The molecule has 4 aromatic carbocycles. The zero-order valence-electron chi connectivity index (χ0n) is 21.3. The van der Waals surface area contributed by atoms with Crippen molar-refractivity contribution in [2.24, 2.45) is 0 Å². The van der Waals surface area contributed by atoms with Crippen LogP contribution in [0, 0.1) is 19.1 Å². The van der Waals surface area contributed by atoms with Crippen LogP contribution in [0.2, 0.25) is 0 Å². The van der Waals surface area contributed by atoms with E-state index >= 15 is 0 Å². The maximum Gasteiger partial charge on any atom is 0.120 e. The molecule has 4 heteroatoms. The molecule has 0 saturated carbocycles. The molecule has 7 aromatic rings. The zero-order chi connectivity index (χ0) is 25.7. The number of pyridine rings is 2. The summed E-state index contributed by atoms with van der Waals surface area (Å²) in [5.74, 6) is 0. The predicted molar refractivity (Wildman–Crippen MR) is 154 cm³/mol. The molecule has 3 aromatic heterocycles. The molecule has 0 saturated heterocycles. The Morgan fingerprint density at radius 2 is 1.46 bits per heavy atom. The predicted octanol–water partition coefficient (Wildman–Crippen LogP) is 8.97. The van der Waals surface area contributed by atoms with E-state index in [1.807, 2.05) is 97.2 Å². The summed E-state index contributed by atoms with van der Waals surface area (Å²) in [5.41, 5.74) is 9.16. The van der Waals surface area contributed by atoms with Gasteiger partial charge in [-0.25, -0.2) is 0 Å². The van der Waals surface area contributed by atoms with Gasteiger partial charge in [0.05, 0.1) is 5.58 Å². The van der Waals surface area contributed by atoms with Crippen LogP contribution in [0.4, 0.5) is 0 Å². The van der Waals surface area contributed by atoms with Crippen LogP contribution < -0.4 is 0 Å². The molecule has 0 N–H and O–H groups in total. The monoisotopic (exact) mass is 681 g/mol. The van der Waals surface area contributed by atoms with Gasteiger partial charge in [-0.2, -0.15) is 0 Å². The van der Waals surface area contributed by atoms with Crippen molar-refractivity contribution in [1.29, 1.82) is 0 Å². The normalized spacial score (nSPS) is 10.5. The number of aryl methyl sites for hydroxylation is 1. The van der Waals surface area contributed by atoms with E-state index in [9.17, 15) is 0 Å². The SMILES string of the molecule is Cc1cc(-c2[c-]cccc2)ncc1-c1ccccc1.[Ir].[c-]1ccc2c(oc3ccccc32)c1-c1ccccn1. The molecule has 39 heavy (non-hydrogen) atoms. The fourth-order valence-corrected chi connectivity index (χ4v) is 4.57. The Morgan fingerprint density at radius 1 is 0.667 bits per heavy atom. The molecular weight excluding hydrogens is 657 g/mol. The van der Waals surface area contributed by atoms with Gasteiger partial charge >= 0.3 is 0 Å². The average Bonchev–Trinajstić information content (AvgIpc) is 3.38. The third-order valence-electron chi connectivity index (χ3n) is 6.44. The van der Waals surface area contributed by atoms with Gasteiger partial charge < -0.3 is 14.4 Å². The molecule has 3 nitrogen and oxygen atoms in total. The molecule has 7 rings (SSSR count). The van der Waals surface area contributed by atoms with Crippen LogP contribution in [0.1, 0.15) is 5.56 Å². The van der Waals surface area contributed by atoms with Crippen LogP contribution in [-0.4, -0.2) is 9.97 Å². The summed E-state index contributed by atoms with van der Waals surface area (Å²) in [6, 6.07) is 44.7. The van der Waals surface area contributed by atoms with Gasteiger partial charge in [0, 0.05) is 43.4 Å². The van der Waals surface area contributed by atoms with Gasteiger partial charge in [0.25, 0.3) is 0 Å². The Hall–Kier alpha value is -4.37. The van der Waals surface area contributed by atoms with Crippen LogP contribution in [-0.2, 0) is 20.1 Å². The number of rotatable bonds is 3. The van der Waals surface area contributed by atoms with E-state index in [0.29, 0.717) is 0 Å². The van der Waals surface area contributed by atoms with Crippen molar-refractivity contribution in [3.63, 3.8) is 0 Å². The van der Waals surface area contributed by atoms with E-state index in [-0.39, 0.29) is 20.1 Å². The topological polar surface area (TPSA) is 38.9 Å². The number of hydrogen-bond donors (Lipinski definition) is 0. The Kier molecular flexibility index (Phi) is 8.07. The summed E-state index contributed by atoms with van der Waals surface area (Å²) in [4.78, 5) is 8.93. The average molecular weight is 681 g/mol. The van der Waals surface area contributed by atoms with Crippen LogP contribution >= 0.6 is 0 Å². The van der Waals surface area contributed by atoms with Crippen molar-refractivity contribution in [3.05, 3.63) is 145 Å². The van der Waals surface area contributed by atoms with Crippen molar-refractivity contribution in [2.75, 3.05) is 0 Å². The second-order valence-electron chi connectivity index (χ2n) is 8.94. The second kappa shape index (κ2) is 12.0.